The normalized spacial score (nSPS) is 10.9. The number of benzene rings is 3. The van der Waals surface area contributed by atoms with Gasteiger partial charge in [0.25, 0.3) is 5.91 Å². The summed E-state index contributed by atoms with van der Waals surface area (Å²) in [6, 6.07) is 16.4. The summed E-state index contributed by atoms with van der Waals surface area (Å²) in [5, 5.41) is 7.89. The Morgan fingerprint density at radius 3 is 2.45 bits per heavy atom. The second kappa shape index (κ2) is 8.49. The van der Waals surface area contributed by atoms with Crippen LogP contribution >= 0.6 is 23.2 Å². The maximum atomic E-state index is 13.5. The molecular weight excluding hydrogens is 438 g/mol. The number of aryl methyl sites for hydroxylation is 1. The van der Waals surface area contributed by atoms with Crippen LogP contribution in [0.3, 0.4) is 0 Å². The largest absolute Gasteiger partial charge is 0.319 e. The number of halogens is 3. The summed E-state index contributed by atoms with van der Waals surface area (Å²) in [6.07, 6.45) is 0. The van der Waals surface area contributed by atoms with Gasteiger partial charge in [-0.15, -0.1) is 5.10 Å². The van der Waals surface area contributed by atoms with E-state index in [0.717, 1.165) is 16.8 Å². The molecule has 1 aromatic heterocycles. The van der Waals surface area contributed by atoms with Gasteiger partial charge in [-0.3, -0.25) is 4.79 Å². The second-order valence-electron chi connectivity index (χ2n) is 6.98. The number of nitrogens with zero attached hydrogens (tertiary/aromatic N) is 3. The number of aromatic nitrogens is 3. The lowest BCUT2D eigenvalue weighted by Gasteiger charge is -2.11. The summed E-state index contributed by atoms with van der Waals surface area (Å²) in [5.74, 6) is -0.482. The number of carbonyl (C=O) groups is 1. The first kappa shape index (κ1) is 21.0. The van der Waals surface area contributed by atoms with Crippen molar-refractivity contribution in [1.82, 2.24) is 14.8 Å². The molecule has 8 heteroatoms. The first-order chi connectivity index (χ1) is 14.8. The van der Waals surface area contributed by atoms with Crippen LogP contribution in [0.5, 0.6) is 0 Å². The molecule has 0 radical (unpaired) electrons. The molecule has 0 unspecified atom stereocenters. The highest BCUT2D eigenvalue weighted by Crippen LogP contribution is 2.27. The fraction of sp³-hybridized carbons (Fsp3) is 0.0870. The summed E-state index contributed by atoms with van der Waals surface area (Å²) >= 11 is 12.0. The third-order valence-corrected chi connectivity index (χ3v) is 5.63. The van der Waals surface area contributed by atoms with Crippen LogP contribution in [0.15, 0.2) is 60.7 Å². The zero-order valence-corrected chi connectivity index (χ0v) is 18.2. The molecule has 0 bridgehead atoms. The Morgan fingerprint density at radius 2 is 1.74 bits per heavy atom. The molecule has 5 nitrogen and oxygen atoms in total. The van der Waals surface area contributed by atoms with Gasteiger partial charge in [0, 0.05) is 11.3 Å². The molecule has 1 heterocycles. The average molecular weight is 455 g/mol. The topological polar surface area (TPSA) is 59.8 Å². The van der Waals surface area contributed by atoms with Gasteiger partial charge in [0.1, 0.15) is 5.82 Å². The average Bonchev–Trinajstić information content (AvgIpc) is 3.18. The molecule has 0 aliphatic carbocycles. The predicted molar refractivity (Wildman–Crippen MR) is 121 cm³/mol. The molecule has 4 aromatic rings. The Hall–Kier alpha value is -3.22. The predicted octanol–water partition coefficient (Wildman–Crippen LogP) is 6.25. The quantitative estimate of drug-likeness (QED) is 0.396. The molecule has 0 aliphatic heterocycles. The fourth-order valence-corrected chi connectivity index (χ4v) is 3.39. The lowest BCUT2D eigenvalue weighted by atomic mass is 10.1. The van der Waals surface area contributed by atoms with E-state index >= 15 is 0 Å². The molecule has 0 spiro atoms. The second-order valence-corrected chi connectivity index (χ2v) is 7.79. The number of nitrogens with one attached hydrogen (secondary N) is 1. The van der Waals surface area contributed by atoms with Crippen molar-refractivity contribution in [2.24, 2.45) is 0 Å². The molecule has 156 valence electrons. The molecule has 31 heavy (non-hydrogen) atoms. The maximum absolute atomic E-state index is 13.5. The summed E-state index contributed by atoms with van der Waals surface area (Å²) in [4.78, 5) is 17.3. The van der Waals surface area contributed by atoms with Gasteiger partial charge in [-0.1, -0.05) is 35.3 Å². The zero-order valence-electron chi connectivity index (χ0n) is 16.7. The number of amides is 1. The maximum Gasteiger partial charge on any atom is 0.295 e. The number of anilines is 1. The number of hydrogen-bond acceptors (Lipinski definition) is 3. The lowest BCUT2D eigenvalue weighted by molar-refractivity contribution is 0.101. The lowest BCUT2D eigenvalue weighted by Crippen LogP contribution is -2.14. The van der Waals surface area contributed by atoms with E-state index in [-0.39, 0.29) is 11.6 Å². The highest BCUT2D eigenvalue weighted by molar-refractivity contribution is 6.42. The Morgan fingerprint density at radius 1 is 1.00 bits per heavy atom. The number of rotatable bonds is 4. The van der Waals surface area contributed by atoms with Gasteiger partial charge >= 0.3 is 0 Å². The monoisotopic (exact) mass is 454 g/mol. The molecule has 4 rings (SSSR count). The summed E-state index contributed by atoms with van der Waals surface area (Å²) in [6.45, 7) is 3.96. The van der Waals surface area contributed by atoms with Gasteiger partial charge < -0.3 is 5.32 Å². The Balaban J connectivity index is 1.79. The van der Waals surface area contributed by atoms with Gasteiger partial charge in [-0.05, 0) is 73.5 Å². The minimum Gasteiger partial charge on any atom is -0.319 e. The standard InChI is InChI=1S/C23H17Cl2FN4O/c1-13-4-3-5-20(14(13)2)30-22(15-6-8-16(26)9-7-15)28-21(29-30)23(31)27-17-10-11-18(24)19(25)12-17/h3-12H,1-2H3,(H,27,31). The Kier molecular flexibility index (Phi) is 5.76. The van der Waals surface area contributed by atoms with E-state index in [1.807, 2.05) is 32.0 Å². The molecule has 0 atom stereocenters. The molecular formula is C23H17Cl2FN4O. The van der Waals surface area contributed by atoms with Crippen molar-refractivity contribution in [3.05, 3.63) is 93.5 Å². The van der Waals surface area contributed by atoms with Crippen molar-refractivity contribution >= 4 is 34.8 Å². The van der Waals surface area contributed by atoms with Crippen molar-refractivity contribution in [1.29, 1.82) is 0 Å². The van der Waals surface area contributed by atoms with Crippen LogP contribution in [-0.2, 0) is 0 Å². The molecule has 1 N–H and O–H groups in total. The summed E-state index contributed by atoms with van der Waals surface area (Å²) < 4.78 is 15.0. The zero-order chi connectivity index (χ0) is 22.1. The van der Waals surface area contributed by atoms with Gasteiger partial charge in [0.2, 0.25) is 5.82 Å². The van der Waals surface area contributed by atoms with Crippen LogP contribution in [0.1, 0.15) is 21.7 Å². The third-order valence-electron chi connectivity index (χ3n) is 4.89. The van der Waals surface area contributed by atoms with Crippen LogP contribution in [0, 0.1) is 19.7 Å². The molecule has 0 saturated carbocycles. The van der Waals surface area contributed by atoms with Gasteiger partial charge in [0.15, 0.2) is 5.82 Å². The third kappa shape index (κ3) is 4.31. The first-order valence-electron chi connectivity index (χ1n) is 9.39. The van der Waals surface area contributed by atoms with Crippen LogP contribution in [0.25, 0.3) is 17.1 Å². The first-order valence-corrected chi connectivity index (χ1v) is 10.1. The van der Waals surface area contributed by atoms with E-state index in [1.165, 1.54) is 12.1 Å². The van der Waals surface area contributed by atoms with Crippen molar-refractivity contribution in [2.75, 3.05) is 5.32 Å². The van der Waals surface area contributed by atoms with Crippen molar-refractivity contribution < 1.29 is 9.18 Å². The minimum absolute atomic E-state index is 0.0358. The minimum atomic E-state index is -0.509. The van der Waals surface area contributed by atoms with Gasteiger partial charge in [-0.25, -0.2) is 14.1 Å². The number of carbonyl (C=O) groups excluding carboxylic acids is 1. The van der Waals surface area contributed by atoms with E-state index in [9.17, 15) is 9.18 Å². The highest BCUT2D eigenvalue weighted by Gasteiger charge is 2.20. The van der Waals surface area contributed by atoms with E-state index in [0.29, 0.717) is 27.1 Å². The molecule has 0 fully saturated rings. The van der Waals surface area contributed by atoms with Crippen molar-refractivity contribution in [2.45, 2.75) is 13.8 Å². The van der Waals surface area contributed by atoms with Gasteiger partial charge in [0.05, 0.1) is 15.7 Å². The Bertz CT molecular complexity index is 1290. The number of hydrogen-bond donors (Lipinski definition) is 1. The summed E-state index contributed by atoms with van der Waals surface area (Å²) in [5.41, 5.74) is 3.93. The van der Waals surface area contributed by atoms with Crippen LogP contribution in [0.4, 0.5) is 10.1 Å². The van der Waals surface area contributed by atoms with E-state index in [4.69, 9.17) is 23.2 Å². The fourth-order valence-electron chi connectivity index (χ4n) is 3.09. The molecule has 3 aromatic carbocycles. The van der Waals surface area contributed by atoms with Crippen LogP contribution < -0.4 is 5.32 Å². The van der Waals surface area contributed by atoms with Crippen LogP contribution in [-0.4, -0.2) is 20.7 Å². The van der Waals surface area contributed by atoms with Crippen molar-refractivity contribution in [3.8, 4) is 17.1 Å². The summed E-state index contributed by atoms with van der Waals surface area (Å²) in [7, 11) is 0. The Labute approximate surface area is 188 Å². The van der Waals surface area contributed by atoms with E-state index in [1.54, 1.807) is 35.0 Å². The SMILES string of the molecule is Cc1cccc(-n2nc(C(=O)Nc3ccc(Cl)c(Cl)c3)nc2-c2ccc(F)cc2)c1C. The van der Waals surface area contributed by atoms with Gasteiger partial charge in [-0.2, -0.15) is 0 Å². The van der Waals surface area contributed by atoms with Crippen molar-refractivity contribution in [3.63, 3.8) is 0 Å². The van der Waals surface area contributed by atoms with Crippen LogP contribution in [0.2, 0.25) is 10.0 Å². The smallest absolute Gasteiger partial charge is 0.295 e. The van der Waals surface area contributed by atoms with E-state index in [2.05, 4.69) is 15.4 Å². The molecule has 1 amide bonds. The highest BCUT2D eigenvalue weighted by atomic mass is 35.5. The van der Waals surface area contributed by atoms with E-state index < -0.39 is 5.91 Å². The molecule has 0 saturated heterocycles. The molecule has 0 aliphatic rings.